The summed E-state index contributed by atoms with van der Waals surface area (Å²) < 4.78 is 3.15. The van der Waals surface area contributed by atoms with Gasteiger partial charge in [0.25, 0.3) is 5.91 Å². The molecule has 6 heteroatoms. The zero-order valence-electron chi connectivity index (χ0n) is 16.6. The summed E-state index contributed by atoms with van der Waals surface area (Å²) in [6.07, 6.45) is 1.62. The molecule has 150 valence electrons. The molecule has 2 N–H and O–H groups in total. The number of hydrogen-bond donors (Lipinski definition) is 2. The van der Waals surface area contributed by atoms with E-state index in [1.165, 1.54) is 0 Å². The van der Waals surface area contributed by atoms with Crippen molar-refractivity contribution < 1.29 is 9.90 Å². The van der Waals surface area contributed by atoms with E-state index in [-0.39, 0.29) is 11.3 Å². The van der Waals surface area contributed by atoms with Crippen LogP contribution in [0.5, 0.6) is 5.75 Å². The number of nitrogens with one attached hydrogen (secondary N) is 1. The molecule has 30 heavy (non-hydrogen) atoms. The maximum atomic E-state index is 12.5. The van der Waals surface area contributed by atoms with E-state index in [4.69, 9.17) is 0 Å². The molecule has 0 atom stereocenters. The van der Waals surface area contributed by atoms with Gasteiger partial charge in [-0.1, -0.05) is 40.2 Å². The first-order valence-electron chi connectivity index (χ1n) is 9.44. The molecule has 1 aromatic heterocycles. The van der Waals surface area contributed by atoms with Crippen LogP contribution in [-0.2, 0) is 0 Å². The Hall–Kier alpha value is -3.38. The number of rotatable bonds is 4. The van der Waals surface area contributed by atoms with Crippen LogP contribution in [-0.4, -0.2) is 21.8 Å². The number of fused-ring (bicyclic) bond motifs is 1. The minimum atomic E-state index is -0.462. The normalized spacial score (nSPS) is 11.3. The Balaban J connectivity index is 1.55. The summed E-state index contributed by atoms with van der Waals surface area (Å²) >= 11 is 3.46. The second kappa shape index (κ2) is 8.16. The quantitative estimate of drug-likeness (QED) is 0.312. The zero-order chi connectivity index (χ0) is 21.3. The topological polar surface area (TPSA) is 66.6 Å². The van der Waals surface area contributed by atoms with Crippen molar-refractivity contribution in [3.05, 3.63) is 93.7 Å². The third-order valence-corrected chi connectivity index (χ3v) is 5.56. The lowest BCUT2D eigenvalue weighted by Crippen LogP contribution is -2.17. The number of aryl methyl sites for hydroxylation is 1. The van der Waals surface area contributed by atoms with Crippen LogP contribution in [0.4, 0.5) is 0 Å². The number of carbonyl (C=O) groups excluding carboxylic acids is 1. The van der Waals surface area contributed by atoms with Crippen molar-refractivity contribution in [2.24, 2.45) is 5.10 Å². The van der Waals surface area contributed by atoms with E-state index < -0.39 is 5.91 Å². The maximum Gasteiger partial charge on any atom is 0.275 e. The molecule has 4 rings (SSSR count). The van der Waals surface area contributed by atoms with Gasteiger partial charge in [0.2, 0.25) is 0 Å². The van der Waals surface area contributed by atoms with Crippen molar-refractivity contribution in [1.82, 2.24) is 9.99 Å². The number of hydrazone groups is 1. The molecule has 1 amide bonds. The Bertz CT molecular complexity index is 1270. The molecule has 0 fully saturated rings. The first kappa shape index (κ1) is 19.9. The lowest BCUT2D eigenvalue weighted by molar-refractivity contribution is 0.0952. The highest BCUT2D eigenvalue weighted by atomic mass is 79.9. The van der Waals surface area contributed by atoms with Crippen LogP contribution in [0.25, 0.3) is 16.5 Å². The van der Waals surface area contributed by atoms with Crippen molar-refractivity contribution in [3.63, 3.8) is 0 Å². The van der Waals surface area contributed by atoms with Crippen LogP contribution in [0.3, 0.4) is 0 Å². The molecular weight excluding hydrogens is 442 g/mol. The van der Waals surface area contributed by atoms with E-state index in [9.17, 15) is 9.90 Å². The van der Waals surface area contributed by atoms with Gasteiger partial charge in [-0.15, -0.1) is 0 Å². The smallest absolute Gasteiger partial charge is 0.275 e. The Morgan fingerprint density at radius 3 is 2.40 bits per heavy atom. The number of aromatic hydroxyl groups is 1. The monoisotopic (exact) mass is 461 g/mol. The Morgan fingerprint density at radius 2 is 1.70 bits per heavy atom. The number of amides is 1. The molecule has 0 aliphatic rings. The number of aromatic nitrogens is 1. The minimum Gasteiger partial charge on any atom is -0.507 e. The van der Waals surface area contributed by atoms with Crippen molar-refractivity contribution in [1.29, 1.82) is 0 Å². The lowest BCUT2D eigenvalue weighted by Gasteiger charge is -2.09. The number of nitrogens with zero attached hydrogens (tertiary/aromatic N) is 2. The molecule has 0 aliphatic heterocycles. The molecule has 0 saturated carbocycles. The SMILES string of the molecule is Cc1cc(C=NNC(=O)c2cc3ccccc3cc2O)c(C)n1-c1ccc(Br)cc1. The van der Waals surface area contributed by atoms with E-state index in [1.54, 1.807) is 18.3 Å². The molecule has 0 unspecified atom stereocenters. The predicted octanol–water partition coefficient (Wildman–Crippen LogP) is 5.48. The number of halogens is 1. The summed E-state index contributed by atoms with van der Waals surface area (Å²) in [6, 6.07) is 20.9. The van der Waals surface area contributed by atoms with Crippen LogP contribution in [0.2, 0.25) is 0 Å². The fraction of sp³-hybridized carbons (Fsp3) is 0.0833. The third kappa shape index (κ3) is 3.86. The summed E-state index contributed by atoms with van der Waals surface area (Å²) in [5.74, 6) is -0.536. The van der Waals surface area contributed by atoms with Crippen LogP contribution >= 0.6 is 15.9 Å². The first-order valence-corrected chi connectivity index (χ1v) is 10.2. The average molecular weight is 462 g/mol. The second-order valence-electron chi connectivity index (χ2n) is 7.05. The van der Waals surface area contributed by atoms with Gasteiger partial charge in [0.15, 0.2) is 0 Å². The Labute approximate surface area is 182 Å². The molecule has 3 aromatic carbocycles. The molecule has 0 saturated heterocycles. The number of phenols is 1. The molecule has 0 aliphatic carbocycles. The molecule has 5 nitrogen and oxygen atoms in total. The standard InChI is InChI=1S/C24H20BrN3O2/c1-15-11-19(16(2)28(15)21-9-7-20(25)8-10-21)14-26-27-24(30)22-12-17-5-3-4-6-18(17)13-23(22)29/h3-14,29H,1-2H3,(H,27,30). The van der Waals surface area contributed by atoms with Gasteiger partial charge in [0.05, 0.1) is 11.8 Å². The van der Waals surface area contributed by atoms with Gasteiger partial charge in [-0.05, 0) is 67.1 Å². The van der Waals surface area contributed by atoms with E-state index in [0.29, 0.717) is 0 Å². The van der Waals surface area contributed by atoms with E-state index >= 15 is 0 Å². The molecule has 4 aromatic rings. The van der Waals surface area contributed by atoms with Gasteiger partial charge in [-0.3, -0.25) is 4.79 Å². The summed E-state index contributed by atoms with van der Waals surface area (Å²) in [7, 11) is 0. The Kier molecular flexibility index (Phi) is 5.42. The highest BCUT2D eigenvalue weighted by Gasteiger charge is 2.13. The van der Waals surface area contributed by atoms with Crippen LogP contribution in [0, 0.1) is 13.8 Å². The zero-order valence-corrected chi connectivity index (χ0v) is 18.1. The van der Waals surface area contributed by atoms with Crippen LogP contribution < -0.4 is 5.43 Å². The van der Waals surface area contributed by atoms with Gasteiger partial charge in [0, 0.05) is 27.1 Å². The van der Waals surface area contributed by atoms with Gasteiger partial charge < -0.3 is 9.67 Å². The largest absolute Gasteiger partial charge is 0.507 e. The highest BCUT2D eigenvalue weighted by Crippen LogP contribution is 2.25. The van der Waals surface area contributed by atoms with Crippen molar-refractivity contribution in [2.45, 2.75) is 13.8 Å². The summed E-state index contributed by atoms with van der Waals surface area (Å²) in [4.78, 5) is 12.5. The molecule has 0 radical (unpaired) electrons. The van der Waals surface area contributed by atoms with Crippen LogP contribution in [0.15, 0.2) is 76.3 Å². The Morgan fingerprint density at radius 1 is 1.03 bits per heavy atom. The van der Waals surface area contributed by atoms with Gasteiger partial charge >= 0.3 is 0 Å². The van der Waals surface area contributed by atoms with Gasteiger partial charge in [0.1, 0.15) is 5.75 Å². The maximum absolute atomic E-state index is 12.5. The fourth-order valence-corrected chi connectivity index (χ4v) is 3.80. The van der Waals surface area contributed by atoms with Crippen molar-refractivity contribution >= 4 is 38.8 Å². The number of phenolic OH excluding ortho intramolecular Hbond substituents is 1. The first-order chi connectivity index (χ1) is 14.4. The average Bonchev–Trinajstić information content (AvgIpc) is 3.01. The molecule has 0 bridgehead atoms. The predicted molar refractivity (Wildman–Crippen MR) is 124 cm³/mol. The highest BCUT2D eigenvalue weighted by molar-refractivity contribution is 9.10. The minimum absolute atomic E-state index is 0.0742. The van der Waals surface area contributed by atoms with E-state index in [0.717, 1.165) is 37.9 Å². The number of benzene rings is 3. The summed E-state index contributed by atoms with van der Waals surface area (Å²) in [5, 5.41) is 16.1. The third-order valence-electron chi connectivity index (χ3n) is 5.03. The van der Waals surface area contributed by atoms with Crippen molar-refractivity contribution in [2.75, 3.05) is 0 Å². The van der Waals surface area contributed by atoms with Gasteiger partial charge in [-0.2, -0.15) is 5.10 Å². The summed E-state index contributed by atoms with van der Waals surface area (Å²) in [6.45, 7) is 4.03. The number of hydrogen-bond acceptors (Lipinski definition) is 3. The van der Waals surface area contributed by atoms with Crippen LogP contribution in [0.1, 0.15) is 27.3 Å². The fourth-order valence-electron chi connectivity index (χ4n) is 3.54. The lowest BCUT2D eigenvalue weighted by atomic mass is 10.1. The van der Waals surface area contributed by atoms with Gasteiger partial charge in [-0.25, -0.2) is 5.43 Å². The summed E-state index contributed by atoms with van der Waals surface area (Å²) in [5.41, 5.74) is 6.73. The molecule has 1 heterocycles. The molecular formula is C24H20BrN3O2. The number of carbonyl (C=O) groups is 1. The van der Waals surface area contributed by atoms with Crippen molar-refractivity contribution in [3.8, 4) is 11.4 Å². The van der Waals surface area contributed by atoms with E-state index in [1.807, 2.05) is 68.4 Å². The molecule has 0 spiro atoms. The van der Waals surface area contributed by atoms with E-state index in [2.05, 4.69) is 31.0 Å². The second-order valence-corrected chi connectivity index (χ2v) is 7.97.